The summed E-state index contributed by atoms with van der Waals surface area (Å²) in [6, 6.07) is 12.3. The molecule has 2 aliphatic rings. The smallest absolute Gasteiger partial charge is 0.330 e. The first-order valence-electron chi connectivity index (χ1n) is 19.0. The lowest BCUT2D eigenvalue weighted by molar-refractivity contribution is -0.145. The summed E-state index contributed by atoms with van der Waals surface area (Å²) in [5.74, 6) is -7.38. The van der Waals surface area contributed by atoms with E-state index in [2.05, 4.69) is 21.3 Å². The second-order valence-corrected chi connectivity index (χ2v) is 14.1. The van der Waals surface area contributed by atoms with Crippen LogP contribution in [0, 0.1) is 5.92 Å². The van der Waals surface area contributed by atoms with Gasteiger partial charge in [-0.3, -0.25) is 33.6 Å². The average molecular weight is 778 g/mol. The third kappa shape index (κ3) is 12.5. The van der Waals surface area contributed by atoms with Gasteiger partial charge in [0.05, 0.1) is 31.7 Å². The van der Waals surface area contributed by atoms with Crippen LogP contribution in [0.1, 0.15) is 81.9 Å². The Labute approximate surface area is 325 Å². The number of nitrogens with one attached hydrogen (secondary N) is 4. The van der Waals surface area contributed by atoms with Crippen LogP contribution in [0.15, 0.2) is 60.7 Å². The van der Waals surface area contributed by atoms with Crippen molar-refractivity contribution in [1.29, 1.82) is 0 Å². The summed E-state index contributed by atoms with van der Waals surface area (Å²) >= 11 is 0. The van der Waals surface area contributed by atoms with Crippen molar-refractivity contribution in [3.05, 3.63) is 71.8 Å². The van der Waals surface area contributed by atoms with Crippen LogP contribution in [0.25, 0.3) is 0 Å². The molecule has 2 fully saturated rings. The fraction of sp³-hybridized carbons (Fsp3) is 0.500. The molecule has 16 heteroatoms. The Balaban J connectivity index is 1.49. The van der Waals surface area contributed by atoms with Crippen LogP contribution in [-0.2, 0) is 49.7 Å². The molecule has 3 unspecified atom stereocenters. The summed E-state index contributed by atoms with van der Waals surface area (Å²) in [6.07, 6.45) is 3.12. The largest absolute Gasteiger partial charge is 0.479 e. The number of carboxylic acid groups (broad SMARTS) is 1. The Morgan fingerprint density at radius 1 is 0.857 bits per heavy atom. The number of likely N-dealkylation sites (tertiary alicyclic amines) is 1. The first kappa shape index (κ1) is 43.3. The van der Waals surface area contributed by atoms with Crippen molar-refractivity contribution in [2.45, 2.75) is 102 Å². The number of ether oxygens (including phenoxy) is 1. The number of aliphatic hydroxyl groups is 1. The van der Waals surface area contributed by atoms with Crippen LogP contribution in [0.4, 0.5) is 0 Å². The van der Waals surface area contributed by atoms with Gasteiger partial charge in [0.25, 0.3) is 5.91 Å². The minimum absolute atomic E-state index is 0.0132. The minimum Gasteiger partial charge on any atom is -0.479 e. The Hall–Kier alpha value is -5.48. The molecule has 0 spiro atoms. The Bertz CT molecular complexity index is 1700. The van der Waals surface area contributed by atoms with Gasteiger partial charge in [0.15, 0.2) is 11.8 Å². The standard InChI is InChI=1S/C40H51N5O11/c1-2-12-30(36(50)38(52)41-21-33(49)44-35(40(54)55)27-17-10-5-11-18-27)42-37(51)31-20-29(56-24-25-13-6-3-7-14-25)22-45(31)39(53)34(26-15-8-4-9-16-26)43-32(48)19-28(47)23-46/h3,5-7,10-11,13-14,17-18,26,29-31,34-35,46H,2,4,8-9,12,15-16,19-24H2,1H3,(H,41,52)(H,42,51)(H,43,48)(H,44,49)(H,54,55)/t29-,30?,31+,34?,35?/m1/s1. The second kappa shape index (κ2) is 21.6. The molecule has 0 radical (unpaired) electrons. The van der Waals surface area contributed by atoms with E-state index in [9.17, 15) is 48.6 Å². The Morgan fingerprint density at radius 3 is 2.14 bits per heavy atom. The van der Waals surface area contributed by atoms with Crippen molar-refractivity contribution in [2.24, 2.45) is 5.92 Å². The summed E-state index contributed by atoms with van der Waals surface area (Å²) in [4.78, 5) is 105. The van der Waals surface area contributed by atoms with Crippen molar-refractivity contribution in [2.75, 3.05) is 19.7 Å². The zero-order valence-corrected chi connectivity index (χ0v) is 31.4. The molecular formula is C40H51N5O11. The number of aliphatic carboxylic acids is 1. The molecule has 1 aliphatic carbocycles. The van der Waals surface area contributed by atoms with Gasteiger partial charge in [-0.1, -0.05) is 93.3 Å². The van der Waals surface area contributed by atoms with Crippen LogP contribution in [0.3, 0.4) is 0 Å². The summed E-state index contributed by atoms with van der Waals surface area (Å²) < 4.78 is 6.15. The first-order valence-corrected chi connectivity index (χ1v) is 19.0. The molecule has 302 valence electrons. The normalized spacial score (nSPS) is 18.5. The highest BCUT2D eigenvalue weighted by Crippen LogP contribution is 2.30. The monoisotopic (exact) mass is 777 g/mol. The summed E-state index contributed by atoms with van der Waals surface area (Å²) in [5, 5.41) is 28.6. The lowest BCUT2D eigenvalue weighted by Crippen LogP contribution is -2.58. The molecule has 5 amide bonds. The maximum atomic E-state index is 14.4. The number of benzene rings is 2. The zero-order valence-electron chi connectivity index (χ0n) is 31.4. The van der Waals surface area contributed by atoms with Crippen LogP contribution < -0.4 is 21.3 Å². The predicted molar refractivity (Wildman–Crippen MR) is 200 cm³/mol. The van der Waals surface area contributed by atoms with Crippen LogP contribution in [-0.4, -0.2) is 106 Å². The fourth-order valence-corrected chi connectivity index (χ4v) is 7.06. The van der Waals surface area contributed by atoms with Crippen molar-refractivity contribution >= 4 is 47.1 Å². The van der Waals surface area contributed by atoms with E-state index in [4.69, 9.17) is 4.74 Å². The second-order valence-electron chi connectivity index (χ2n) is 14.1. The van der Waals surface area contributed by atoms with E-state index < -0.39 is 96.9 Å². The molecule has 2 aromatic carbocycles. The lowest BCUT2D eigenvalue weighted by atomic mass is 9.83. The molecule has 16 nitrogen and oxygen atoms in total. The molecule has 2 aromatic rings. The van der Waals surface area contributed by atoms with E-state index in [0.717, 1.165) is 24.8 Å². The Morgan fingerprint density at radius 2 is 1.52 bits per heavy atom. The van der Waals surface area contributed by atoms with Gasteiger partial charge in [0.2, 0.25) is 29.4 Å². The molecule has 0 aromatic heterocycles. The number of aliphatic hydroxyl groups excluding tert-OH is 1. The van der Waals surface area contributed by atoms with E-state index in [1.54, 1.807) is 25.1 Å². The predicted octanol–water partition coefficient (Wildman–Crippen LogP) is 1.10. The van der Waals surface area contributed by atoms with Gasteiger partial charge < -0.3 is 41.1 Å². The van der Waals surface area contributed by atoms with E-state index in [1.807, 2.05) is 30.3 Å². The third-order valence-corrected chi connectivity index (χ3v) is 9.94. The highest BCUT2D eigenvalue weighted by Gasteiger charge is 2.45. The highest BCUT2D eigenvalue weighted by molar-refractivity contribution is 6.38. The van der Waals surface area contributed by atoms with Gasteiger partial charge in [-0.25, -0.2) is 4.79 Å². The van der Waals surface area contributed by atoms with Gasteiger partial charge in [0.1, 0.15) is 18.7 Å². The topological polar surface area (TPSA) is 238 Å². The van der Waals surface area contributed by atoms with Gasteiger partial charge in [-0.05, 0) is 36.3 Å². The summed E-state index contributed by atoms with van der Waals surface area (Å²) in [6.45, 7) is 0.382. The van der Waals surface area contributed by atoms with Crippen LogP contribution in [0.5, 0.6) is 0 Å². The van der Waals surface area contributed by atoms with Gasteiger partial charge in [-0.2, -0.15) is 0 Å². The minimum atomic E-state index is -1.39. The molecule has 1 saturated heterocycles. The third-order valence-electron chi connectivity index (χ3n) is 9.94. The van der Waals surface area contributed by atoms with Crippen molar-refractivity contribution in [1.82, 2.24) is 26.2 Å². The van der Waals surface area contributed by atoms with Crippen molar-refractivity contribution < 1.29 is 53.3 Å². The summed E-state index contributed by atoms with van der Waals surface area (Å²) in [5.41, 5.74) is 1.17. The number of carbonyl (C=O) groups excluding carboxylic acids is 7. The number of carbonyl (C=O) groups is 8. The molecule has 5 atom stereocenters. The zero-order chi connectivity index (χ0) is 40.6. The molecule has 1 saturated carbocycles. The number of hydrogen-bond donors (Lipinski definition) is 6. The van der Waals surface area contributed by atoms with E-state index in [0.29, 0.717) is 24.8 Å². The maximum absolute atomic E-state index is 14.4. The molecular weight excluding hydrogens is 726 g/mol. The van der Waals surface area contributed by atoms with Gasteiger partial charge in [0, 0.05) is 13.0 Å². The number of rotatable bonds is 20. The molecule has 1 heterocycles. The lowest BCUT2D eigenvalue weighted by Gasteiger charge is -2.34. The van der Waals surface area contributed by atoms with Crippen LogP contribution in [0.2, 0.25) is 0 Å². The molecule has 4 rings (SSSR count). The molecule has 56 heavy (non-hydrogen) atoms. The van der Waals surface area contributed by atoms with Crippen molar-refractivity contribution in [3.8, 4) is 0 Å². The van der Waals surface area contributed by atoms with Crippen LogP contribution >= 0.6 is 0 Å². The number of hydrogen-bond acceptors (Lipinski definition) is 10. The average Bonchev–Trinajstić information content (AvgIpc) is 3.65. The van der Waals surface area contributed by atoms with E-state index >= 15 is 0 Å². The number of Topliss-reactive ketones (excluding diaryl/α,β-unsaturated/α-hetero) is 2. The molecule has 1 aliphatic heterocycles. The van der Waals surface area contributed by atoms with Gasteiger partial charge in [-0.15, -0.1) is 0 Å². The van der Waals surface area contributed by atoms with E-state index in [-0.39, 0.29) is 31.9 Å². The Kier molecular flexibility index (Phi) is 16.7. The number of ketones is 2. The van der Waals surface area contributed by atoms with E-state index in [1.165, 1.54) is 17.0 Å². The first-order chi connectivity index (χ1) is 26.9. The quantitative estimate of drug-likeness (QED) is 0.0823. The number of carboxylic acids is 1. The molecule has 6 N–H and O–H groups in total. The highest BCUT2D eigenvalue weighted by atomic mass is 16.5. The molecule has 0 bridgehead atoms. The summed E-state index contributed by atoms with van der Waals surface area (Å²) in [7, 11) is 0. The number of nitrogens with zero attached hydrogens (tertiary/aromatic N) is 1. The van der Waals surface area contributed by atoms with Gasteiger partial charge >= 0.3 is 5.97 Å². The number of amides is 5. The fourth-order valence-electron chi connectivity index (χ4n) is 7.06. The SMILES string of the molecule is CCCC(NC(=O)[C@@H]1C[C@@H](OCc2ccccc2)CN1C(=O)C(NC(=O)CC(=O)CO)C1CCCCC1)C(=O)C(=O)NCC(=O)NC(C(=O)O)c1ccccc1. The maximum Gasteiger partial charge on any atom is 0.330 e. The van der Waals surface area contributed by atoms with Crippen molar-refractivity contribution in [3.63, 3.8) is 0 Å².